The summed E-state index contributed by atoms with van der Waals surface area (Å²) in [5, 5.41) is 5.92. The van der Waals surface area contributed by atoms with Crippen molar-refractivity contribution in [1.82, 2.24) is 23.7 Å². The van der Waals surface area contributed by atoms with Crippen molar-refractivity contribution >= 4 is 28.8 Å². The van der Waals surface area contributed by atoms with Crippen molar-refractivity contribution in [3.05, 3.63) is 92.9 Å². The highest BCUT2D eigenvalue weighted by Crippen LogP contribution is 2.33. The van der Waals surface area contributed by atoms with Crippen LogP contribution in [-0.4, -0.2) is 55.0 Å². The number of rotatable bonds is 7. The van der Waals surface area contributed by atoms with Crippen LogP contribution < -0.4 is 16.0 Å². The van der Waals surface area contributed by atoms with E-state index in [0.717, 1.165) is 21.4 Å². The number of hydrazone groups is 1. The zero-order valence-electron chi connectivity index (χ0n) is 21.6. The van der Waals surface area contributed by atoms with Crippen LogP contribution in [0.3, 0.4) is 0 Å². The molecule has 0 aliphatic carbocycles. The number of nitrogens with zero attached hydrogens (tertiary/aromatic N) is 6. The van der Waals surface area contributed by atoms with Crippen molar-refractivity contribution in [2.45, 2.75) is 19.0 Å². The number of hydrogen-bond donors (Lipinski definition) is 0. The Hall–Kier alpha value is -5.00. The quantitative estimate of drug-likeness (QED) is 0.330. The molecule has 2 aromatic carbocycles. The molecule has 1 aliphatic heterocycles. The van der Waals surface area contributed by atoms with Gasteiger partial charge in [-0.2, -0.15) is 5.10 Å². The van der Waals surface area contributed by atoms with Gasteiger partial charge in [0.1, 0.15) is 12.3 Å². The van der Waals surface area contributed by atoms with Crippen LogP contribution in [0.15, 0.2) is 75.6 Å². The number of carbonyl (C=O) groups excluding carboxylic acids is 2. The summed E-state index contributed by atoms with van der Waals surface area (Å²) in [6.45, 7) is -0.905. The van der Waals surface area contributed by atoms with E-state index in [4.69, 9.17) is 9.47 Å². The molecule has 0 spiro atoms. The molecular weight excluding hydrogens is 504 g/mol. The summed E-state index contributed by atoms with van der Waals surface area (Å²) in [6.07, 6.45) is 1.77. The van der Waals surface area contributed by atoms with E-state index in [1.165, 1.54) is 34.6 Å². The number of fused-ring (bicyclic) bond motifs is 1. The lowest BCUT2D eigenvalue weighted by molar-refractivity contribution is -0.153. The number of benzene rings is 2. The first kappa shape index (κ1) is 25.6. The number of aromatic nitrogens is 4. The molecule has 0 saturated carbocycles. The van der Waals surface area contributed by atoms with E-state index in [2.05, 4.69) is 10.1 Å². The summed E-state index contributed by atoms with van der Waals surface area (Å²) in [6, 6.07) is 16.5. The van der Waals surface area contributed by atoms with Crippen LogP contribution in [0.25, 0.3) is 11.2 Å². The largest absolute Gasteiger partial charge is 0.497 e. The molecule has 39 heavy (non-hydrogen) atoms. The minimum absolute atomic E-state index is 0.0825. The number of imidazole rings is 1. The molecule has 0 N–H and O–H groups in total. The molecule has 1 aliphatic rings. The minimum Gasteiger partial charge on any atom is -0.497 e. The van der Waals surface area contributed by atoms with Gasteiger partial charge in [-0.25, -0.2) is 14.8 Å². The molecule has 1 unspecified atom stereocenters. The average Bonchev–Trinajstić information content (AvgIpc) is 3.59. The topological polar surface area (TPSA) is 130 Å². The van der Waals surface area contributed by atoms with Gasteiger partial charge in [-0.1, -0.05) is 42.5 Å². The van der Waals surface area contributed by atoms with Crippen LogP contribution in [-0.2, 0) is 35.0 Å². The van der Waals surface area contributed by atoms with Gasteiger partial charge >= 0.3 is 11.7 Å². The summed E-state index contributed by atoms with van der Waals surface area (Å²) in [5.74, 6) is -0.551. The molecule has 12 heteroatoms. The van der Waals surface area contributed by atoms with E-state index in [-0.39, 0.29) is 23.8 Å². The van der Waals surface area contributed by atoms with Gasteiger partial charge < -0.3 is 14.0 Å². The number of hydrogen-bond acceptors (Lipinski definition) is 8. The average molecular weight is 531 g/mol. The SMILES string of the molecule is COc1ccc(C2CC(c3ccccc3)=NN2C(=O)COC(=O)Cn2cnc3c2c(=O)n(C)c(=O)n3C)cc1. The fraction of sp³-hybridized carbons (Fsp3) is 0.259. The van der Waals surface area contributed by atoms with Crippen molar-refractivity contribution in [2.24, 2.45) is 19.2 Å². The maximum absolute atomic E-state index is 13.2. The van der Waals surface area contributed by atoms with Crippen molar-refractivity contribution < 1.29 is 19.1 Å². The Morgan fingerprint density at radius 1 is 1.00 bits per heavy atom. The highest BCUT2D eigenvalue weighted by atomic mass is 16.5. The van der Waals surface area contributed by atoms with Crippen molar-refractivity contribution in [1.29, 1.82) is 0 Å². The first-order valence-electron chi connectivity index (χ1n) is 12.1. The molecule has 0 saturated heterocycles. The number of esters is 1. The molecule has 0 radical (unpaired) electrons. The standard InChI is InChI=1S/C27H26N6O6/c1-30-25-24(26(36)31(2)27(30)37)32(16-28-25)14-23(35)39-15-22(34)33-21(18-9-11-19(38-3)12-10-18)13-20(29-33)17-7-5-4-6-8-17/h4-12,16,21H,13-15H2,1-3H3. The number of ether oxygens (including phenoxy) is 2. The van der Waals surface area contributed by atoms with E-state index in [0.29, 0.717) is 12.2 Å². The summed E-state index contributed by atoms with van der Waals surface area (Å²) < 4.78 is 14.0. The molecule has 1 amide bonds. The predicted molar refractivity (Wildman–Crippen MR) is 141 cm³/mol. The van der Waals surface area contributed by atoms with E-state index < -0.39 is 29.7 Å². The molecule has 1 atom stereocenters. The molecule has 0 bridgehead atoms. The number of methoxy groups -OCH3 is 1. The van der Waals surface area contributed by atoms with E-state index in [1.54, 1.807) is 7.11 Å². The second kappa shape index (κ2) is 10.4. The Labute approximate surface area is 222 Å². The Balaban J connectivity index is 1.33. The molecule has 5 rings (SSSR count). The number of carbonyl (C=O) groups is 2. The number of amides is 1. The molecule has 2 aromatic heterocycles. The maximum Gasteiger partial charge on any atom is 0.332 e. The van der Waals surface area contributed by atoms with Crippen molar-refractivity contribution in [3.63, 3.8) is 0 Å². The third kappa shape index (κ3) is 4.83. The predicted octanol–water partition coefficient (Wildman–Crippen LogP) is 1.36. The molecule has 200 valence electrons. The zero-order valence-corrected chi connectivity index (χ0v) is 21.6. The normalized spacial score (nSPS) is 14.9. The lowest BCUT2D eigenvalue weighted by atomic mass is 9.98. The van der Waals surface area contributed by atoms with Crippen LogP contribution in [0.1, 0.15) is 23.6 Å². The fourth-order valence-corrected chi connectivity index (χ4v) is 4.54. The minimum atomic E-state index is -0.744. The Bertz CT molecular complexity index is 1700. The van der Waals surface area contributed by atoms with Gasteiger partial charge in [0.2, 0.25) is 0 Å². The smallest absolute Gasteiger partial charge is 0.332 e. The third-order valence-electron chi connectivity index (χ3n) is 6.65. The number of aryl methyl sites for hydroxylation is 1. The van der Waals surface area contributed by atoms with Crippen LogP contribution in [0, 0.1) is 0 Å². The first-order valence-corrected chi connectivity index (χ1v) is 12.1. The zero-order chi connectivity index (χ0) is 27.7. The van der Waals surface area contributed by atoms with Crippen LogP contribution in [0.2, 0.25) is 0 Å². The van der Waals surface area contributed by atoms with Crippen molar-refractivity contribution in [3.8, 4) is 5.75 Å². The highest BCUT2D eigenvalue weighted by molar-refractivity contribution is 6.03. The second-order valence-corrected chi connectivity index (χ2v) is 9.06. The summed E-state index contributed by atoms with van der Waals surface area (Å²) in [7, 11) is 4.41. The third-order valence-corrected chi connectivity index (χ3v) is 6.65. The second-order valence-electron chi connectivity index (χ2n) is 9.06. The molecule has 12 nitrogen and oxygen atoms in total. The van der Waals surface area contributed by atoms with Gasteiger partial charge in [-0.3, -0.25) is 23.5 Å². The molecule has 3 heterocycles. The van der Waals surface area contributed by atoms with Gasteiger partial charge in [0.15, 0.2) is 17.8 Å². The van der Waals surface area contributed by atoms with E-state index >= 15 is 0 Å². The van der Waals surface area contributed by atoms with Crippen LogP contribution >= 0.6 is 0 Å². The summed E-state index contributed by atoms with van der Waals surface area (Å²) in [4.78, 5) is 54.7. The fourth-order valence-electron chi connectivity index (χ4n) is 4.54. The van der Waals surface area contributed by atoms with Crippen molar-refractivity contribution in [2.75, 3.05) is 13.7 Å². The Morgan fingerprint density at radius 3 is 2.41 bits per heavy atom. The van der Waals surface area contributed by atoms with E-state index in [1.807, 2.05) is 54.6 Å². The van der Waals surface area contributed by atoms with Gasteiger partial charge in [-0.05, 0) is 23.3 Å². The lowest BCUT2D eigenvalue weighted by Crippen LogP contribution is -2.37. The lowest BCUT2D eigenvalue weighted by Gasteiger charge is -2.22. The first-order chi connectivity index (χ1) is 18.8. The van der Waals surface area contributed by atoms with Gasteiger partial charge in [0.05, 0.1) is 25.2 Å². The monoisotopic (exact) mass is 530 g/mol. The van der Waals surface area contributed by atoms with Gasteiger partial charge in [0, 0.05) is 20.5 Å². The maximum atomic E-state index is 13.2. The molecule has 0 fully saturated rings. The molecular formula is C27H26N6O6. The van der Waals surface area contributed by atoms with Gasteiger partial charge in [-0.15, -0.1) is 0 Å². The molecule has 4 aromatic rings. The van der Waals surface area contributed by atoms with Crippen LogP contribution in [0.4, 0.5) is 0 Å². The van der Waals surface area contributed by atoms with E-state index in [9.17, 15) is 19.2 Å². The summed E-state index contributed by atoms with van der Waals surface area (Å²) >= 11 is 0. The van der Waals surface area contributed by atoms with Crippen LogP contribution in [0.5, 0.6) is 5.75 Å². The summed E-state index contributed by atoms with van der Waals surface area (Å²) in [5.41, 5.74) is 1.61. The Kier molecular flexibility index (Phi) is 6.84. The highest BCUT2D eigenvalue weighted by Gasteiger charge is 2.33. The van der Waals surface area contributed by atoms with Gasteiger partial charge in [0.25, 0.3) is 11.5 Å². The Morgan fingerprint density at radius 2 is 1.72 bits per heavy atom.